The van der Waals surface area contributed by atoms with Crippen LogP contribution in [-0.4, -0.2) is 23.8 Å². The number of carbonyl (C=O) groups is 3. The van der Waals surface area contributed by atoms with Gasteiger partial charge < -0.3 is 10.1 Å². The van der Waals surface area contributed by atoms with E-state index in [1.807, 2.05) is 61.5 Å². The monoisotopic (exact) mass is 431 g/mol. The van der Waals surface area contributed by atoms with E-state index in [9.17, 15) is 14.4 Å². The highest BCUT2D eigenvalue weighted by molar-refractivity contribution is 5.96. The van der Waals surface area contributed by atoms with Crippen LogP contribution in [0.3, 0.4) is 0 Å². The zero-order chi connectivity index (χ0) is 22.9. The highest BCUT2D eigenvalue weighted by Crippen LogP contribution is 2.23. The first kappa shape index (κ1) is 22.6. The Morgan fingerprint density at radius 2 is 1.44 bits per heavy atom. The van der Waals surface area contributed by atoms with Crippen molar-refractivity contribution in [2.45, 2.75) is 26.4 Å². The largest absolute Gasteiger partial charge is 0.481 e. The molecule has 3 N–H and O–H groups in total. The molecular weight excluding hydrogens is 406 g/mol. The molecule has 0 radical (unpaired) electrons. The second kappa shape index (κ2) is 10.8. The van der Waals surface area contributed by atoms with Gasteiger partial charge in [-0.3, -0.25) is 25.2 Å². The molecule has 0 aliphatic heterocycles. The lowest BCUT2D eigenvalue weighted by atomic mass is 10.1. The average molecular weight is 431 g/mol. The van der Waals surface area contributed by atoms with Crippen LogP contribution in [-0.2, 0) is 9.59 Å². The molecule has 1 unspecified atom stereocenters. The van der Waals surface area contributed by atoms with Gasteiger partial charge in [0.25, 0.3) is 11.8 Å². The Morgan fingerprint density at radius 1 is 0.812 bits per heavy atom. The number of carbonyl (C=O) groups excluding carboxylic acids is 3. The van der Waals surface area contributed by atoms with Crippen LogP contribution in [0.25, 0.3) is 11.1 Å². The standard InChI is InChI=1S/C25H25N3O4/c1-3-23(32-22-15-11-19(12-16-22)18-7-5-4-6-8-18)25(31)28-27-24(30)20-9-13-21(14-10-20)26-17(2)29/h4-16,23H,3H2,1-2H3,(H,26,29)(H,27,30)(H,28,31). The molecule has 0 bridgehead atoms. The molecule has 1 atom stereocenters. The van der Waals surface area contributed by atoms with Gasteiger partial charge in [-0.05, 0) is 53.9 Å². The summed E-state index contributed by atoms with van der Waals surface area (Å²) in [6.07, 6.45) is -0.340. The van der Waals surface area contributed by atoms with Crippen molar-refractivity contribution in [2.24, 2.45) is 0 Å². The minimum atomic E-state index is -0.764. The Kier molecular flexibility index (Phi) is 7.59. The number of hydrazine groups is 1. The van der Waals surface area contributed by atoms with Crippen molar-refractivity contribution < 1.29 is 19.1 Å². The van der Waals surface area contributed by atoms with Gasteiger partial charge in [0.2, 0.25) is 5.91 Å². The van der Waals surface area contributed by atoms with Crippen LogP contribution in [0.15, 0.2) is 78.9 Å². The Bertz CT molecular complexity index is 1060. The Morgan fingerprint density at radius 3 is 2.03 bits per heavy atom. The van der Waals surface area contributed by atoms with Gasteiger partial charge in [0, 0.05) is 18.2 Å². The van der Waals surface area contributed by atoms with E-state index in [2.05, 4.69) is 16.2 Å². The lowest BCUT2D eigenvalue weighted by Gasteiger charge is -2.18. The van der Waals surface area contributed by atoms with Crippen LogP contribution in [0, 0.1) is 0 Å². The number of nitrogens with one attached hydrogen (secondary N) is 3. The maximum absolute atomic E-state index is 12.5. The van der Waals surface area contributed by atoms with E-state index >= 15 is 0 Å². The second-order valence-corrected chi connectivity index (χ2v) is 7.11. The third-order valence-electron chi connectivity index (χ3n) is 4.67. The molecule has 3 amide bonds. The van der Waals surface area contributed by atoms with Crippen molar-refractivity contribution in [2.75, 3.05) is 5.32 Å². The molecule has 0 aliphatic rings. The Balaban J connectivity index is 1.54. The summed E-state index contributed by atoms with van der Waals surface area (Å²) in [5.74, 6) is -0.570. The van der Waals surface area contributed by atoms with Crippen molar-refractivity contribution in [3.05, 3.63) is 84.4 Å². The molecule has 0 aliphatic carbocycles. The van der Waals surface area contributed by atoms with E-state index in [0.29, 0.717) is 23.4 Å². The molecule has 0 spiro atoms. The van der Waals surface area contributed by atoms with Crippen LogP contribution in [0.1, 0.15) is 30.6 Å². The number of ether oxygens (including phenoxy) is 1. The van der Waals surface area contributed by atoms with E-state index in [1.165, 1.54) is 6.92 Å². The number of amides is 3. The second-order valence-electron chi connectivity index (χ2n) is 7.11. The minimum absolute atomic E-state index is 0.199. The Labute approximate surface area is 186 Å². The summed E-state index contributed by atoms with van der Waals surface area (Å²) in [6.45, 7) is 3.23. The van der Waals surface area contributed by atoms with Gasteiger partial charge in [0.1, 0.15) is 5.75 Å². The zero-order valence-electron chi connectivity index (χ0n) is 17.9. The number of hydrogen-bond acceptors (Lipinski definition) is 4. The first-order valence-corrected chi connectivity index (χ1v) is 10.3. The third-order valence-corrected chi connectivity index (χ3v) is 4.67. The lowest BCUT2D eigenvalue weighted by molar-refractivity contribution is -0.128. The first-order chi connectivity index (χ1) is 15.5. The summed E-state index contributed by atoms with van der Waals surface area (Å²) >= 11 is 0. The maximum Gasteiger partial charge on any atom is 0.279 e. The zero-order valence-corrected chi connectivity index (χ0v) is 17.9. The highest BCUT2D eigenvalue weighted by Gasteiger charge is 2.19. The number of anilines is 1. The molecule has 0 aromatic heterocycles. The van der Waals surface area contributed by atoms with Crippen molar-refractivity contribution >= 4 is 23.4 Å². The number of rotatable bonds is 7. The van der Waals surface area contributed by atoms with Gasteiger partial charge in [-0.1, -0.05) is 49.4 Å². The maximum atomic E-state index is 12.5. The quantitative estimate of drug-likeness (QED) is 0.494. The minimum Gasteiger partial charge on any atom is -0.481 e. The van der Waals surface area contributed by atoms with Crippen LogP contribution in [0.5, 0.6) is 5.75 Å². The van der Waals surface area contributed by atoms with Crippen LogP contribution in [0.4, 0.5) is 5.69 Å². The molecule has 0 saturated heterocycles. The van der Waals surface area contributed by atoms with Gasteiger partial charge in [0.15, 0.2) is 6.10 Å². The molecule has 3 aromatic rings. The molecule has 0 saturated carbocycles. The smallest absolute Gasteiger partial charge is 0.279 e. The molecule has 3 rings (SSSR count). The molecule has 0 fully saturated rings. The van der Waals surface area contributed by atoms with Crippen LogP contribution >= 0.6 is 0 Å². The summed E-state index contributed by atoms with van der Waals surface area (Å²) in [5, 5.41) is 2.62. The summed E-state index contributed by atoms with van der Waals surface area (Å²) in [4.78, 5) is 35.8. The average Bonchev–Trinajstić information content (AvgIpc) is 2.82. The van der Waals surface area contributed by atoms with E-state index in [-0.39, 0.29) is 5.91 Å². The number of hydrogen-bond donors (Lipinski definition) is 3. The summed E-state index contributed by atoms with van der Waals surface area (Å²) in [5.41, 5.74) is 7.85. The predicted octanol–water partition coefficient (Wildman–Crippen LogP) is 3.93. The van der Waals surface area contributed by atoms with Crippen molar-refractivity contribution in [1.29, 1.82) is 0 Å². The molecule has 0 heterocycles. The van der Waals surface area contributed by atoms with Crippen molar-refractivity contribution in [3.63, 3.8) is 0 Å². The van der Waals surface area contributed by atoms with E-state index < -0.39 is 17.9 Å². The van der Waals surface area contributed by atoms with Crippen LogP contribution < -0.4 is 20.9 Å². The van der Waals surface area contributed by atoms with Crippen molar-refractivity contribution in [1.82, 2.24) is 10.9 Å². The summed E-state index contributed by atoms with van der Waals surface area (Å²) in [7, 11) is 0. The topological polar surface area (TPSA) is 96.5 Å². The van der Waals surface area contributed by atoms with E-state index in [0.717, 1.165) is 11.1 Å². The predicted molar refractivity (Wildman–Crippen MR) is 123 cm³/mol. The number of benzene rings is 3. The van der Waals surface area contributed by atoms with Crippen LogP contribution in [0.2, 0.25) is 0 Å². The van der Waals surface area contributed by atoms with Gasteiger partial charge >= 0.3 is 0 Å². The molecule has 3 aromatic carbocycles. The van der Waals surface area contributed by atoms with E-state index in [4.69, 9.17) is 4.74 Å². The summed E-state index contributed by atoms with van der Waals surface area (Å²) < 4.78 is 5.80. The fourth-order valence-corrected chi connectivity index (χ4v) is 3.02. The summed E-state index contributed by atoms with van der Waals surface area (Å²) in [6, 6.07) is 23.8. The first-order valence-electron chi connectivity index (χ1n) is 10.3. The molecule has 7 nitrogen and oxygen atoms in total. The van der Waals surface area contributed by atoms with Crippen molar-refractivity contribution in [3.8, 4) is 16.9 Å². The van der Waals surface area contributed by atoms with E-state index in [1.54, 1.807) is 24.3 Å². The fraction of sp³-hybridized carbons (Fsp3) is 0.160. The third kappa shape index (κ3) is 6.18. The fourth-order valence-electron chi connectivity index (χ4n) is 3.02. The molecule has 32 heavy (non-hydrogen) atoms. The molecule has 164 valence electrons. The van der Waals surface area contributed by atoms with Gasteiger partial charge in [-0.25, -0.2) is 0 Å². The SMILES string of the molecule is CCC(Oc1ccc(-c2ccccc2)cc1)C(=O)NNC(=O)c1ccc(NC(C)=O)cc1. The normalized spacial score (nSPS) is 11.2. The Hall–Kier alpha value is -4.13. The lowest BCUT2D eigenvalue weighted by Crippen LogP contribution is -2.47. The van der Waals surface area contributed by atoms with Gasteiger partial charge in [-0.2, -0.15) is 0 Å². The highest BCUT2D eigenvalue weighted by atomic mass is 16.5. The van der Waals surface area contributed by atoms with Gasteiger partial charge in [0.05, 0.1) is 0 Å². The molecular formula is C25H25N3O4. The molecule has 7 heteroatoms. The van der Waals surface area contributed by atoms with Gasteiger partial charge in [-0.15, -0.1) is 0 Å².